The summed E-state index contributed by atoms with van der Waals surface area (Å²) in [4.78, 5) is 22.2. The fraction of sp³-hybridized carbons (Fsp3) is 0.389. The number of halogens is 1. The molecular weight excluding hydrogens is 371 g/mol. The Balaban J connectivity index is 1.75. The molecule has 9 heteroatoms. The minimum atomic E-state index is -3.37. The Morgan fingerprint density at radius 1 is 1.37 bits per heavy atom. The summed E-state index contributed by atoms with van der Waals surface area (Å²) in [7, 11) is -3.37. The summed E-state index contributed by atoms with van der Waals surface area (Å²) in [5, 5.41) is -0.522. The van der Waals surface area contributed by atoms with Crippen molar-refractivity contribution >= 4 is 15.9 Å². The Hall–Kier alpha value is -2.39. The largest absolute Gasteiger partial charge is 0.334 e. The van der Waals surface area contributed by atoms with E-state index < -0.39 is 27.0 Å². The monoisotopic (exact) mass is 392 g/mol. The molecule has 2 aromatic rings. The van der Waals surface area contributed by atoms with E-state index in [9.17, 15) is 17.6 Å². The van der Waals surface area contributed by atoms with Gasteiger partial charge in [0.15, 0.2) is 5.82 Å². The lowest BCUT2D eigenvalue weighted by atomic mass is 10.0. The van der Waals surface area contributed by atoms with Crippen molar-refractivity contribution < 1.29 is 17.6 Å². The third kappa shape index (κ3) is 4.30. The molecule has 3 heterocycles. The number of nitrogens with zero attached hydrogens (tertiary/aromatic N) is 3. The van der Waals surface area contributed by atoms with E-state index in [0.29, 0.717) is 25.1 Å². The lowest BCUT2D eigenvalue weighted by molar-refractivity contribution is 0.0728. The molecule has 144 valence electrons. The number of aromatic nitrogens is 2. The van der Waals surface area contributed by atoms with Crippen LogP contribution in [0.1, 0.15) is 41.0 Å². The van der Waals surface area contributed by atoms with Crippen molar-refractivity contribution in [3.8, 4) is 0 Å². The van der Waals surface area contributed by atoms with Gasteiger partial charge in [0, 0.05) is 44.1 Å². The van der Waals surface area contributed by atoms with E-state index in [-0.39, 0.29) is 12.1 Å². The van der Waals surface area contributed by atoms with E-state index in [1.807, 2.05) is 6.07 Å². The maximum Gasteiger partial charge on any atom is 0.257 e. The highest BCUT2D eigenvalue weighted by Crippen LogP contribution is 2.21. The number of amides is 1. The minimum Gasteiger partial charge on any atom is -0.334 e. The van der Waals surface area contributed by atoms with Crippen molar-refractivity contribution in [1.29, 1.82) is 0 Å². The molecule has 0 aromatic carbocycles. The van der Waals surface area contributed by atoms with E-state index in [2.05, 4.69) is 14.7 Å². The number of pyridine rings is 2. The molecule has 27 heavy (non-hydrogen) atoms. The second-order valence-corrected chi connectivity index (χ2v) is 9.02. The predicted molar refractivity (Wildman–Crippen MR) is 97.8 cm³/mol. The van der Waals surface area contributed by atoms with Gasteiger partial charge in [-0.15, -0.1) is 0 Å². The van der Waals surface area contributed by atoms with Gasteiger partial charge in [0.05, 0.1) is 17.0 Å². The van der Waals surface area contributed by atoms with Crippen LogP contribution in [0.25, 0.3) is 0 Å². The zero-order valence-corrected chi connectivity index (χ0v) is 16.0. The number of rotatable bonds is 5. The van der Waals surface area contributed by atoms with Crippen molar-refractivity contribution in [2.24, 2.45) is 0 Å². The van der Waals surface area contributed by atoms with Gasteiger partial charge in [0.25, 0.3) is 5.91 Å². The molecule has 2 aromatic heterocycles. The summed E-state index contributed by atoms with van der Waals surface area (Å²) in [6, 6.07) is 3.20. The molecule has 1 N–H and O–H groups in total. The van der Waals surface area contributed by atoms with Gasteiger partial charge in [-0.2, -0.15) is 0 Å². The zero-order valence-electron chi connectivity index (χ0n) is 15.1. The number of carbonyl (C=O) groups is 1. The summed E-state index contributed by atoms with van der Waals surface area (Å²) in [6.45, 7) is 4.09. The standard InChI is InChI=1S/C18H21FN4O3S/c1-12(2)27(25,26)22-9-13-7-14-11-23(6-4-17(14)21-8-13)18(24)15-3-5-20-10-16(15)19/h3,5,7-8,10,12,22H,4,6,9,11H2,1-2H3. The van der Waals surface area contributed by atoms with Crippen LogP contribution in [-0.2, 0) is 29.5 Å². The first-order valence-corrected chi connectivity index (χ1v) is 10.2. The maximum atomic E-state index is 13.8. The first kappa shape index (κ1) is 19.4. The molecule has 1 aliphatic heterocycles. The maximum absolute atomic E-state index is 13.8. The van der Waals surface area contributed by atoms with Crippen LogP contribution < -0.4 is 4.72 Å². The number of carbonyl (C=O) groups excluding carboxylic acids is 1. The van der Waals surface area contributed by atoms with E-state index >= 15 is 0 Å². The quantitative estimate of drug-likeness (QED) is 0.835. The molecule has 0 unspecified atom stereocenters. The van der Waals surface area contributed by atoms with E-state index in [0.717, 1.165) is 17.5 Å². The van der Waals surface area contributed by atoms with Gasteiger partial charge in [0.1, 0.15) is 0 Å². The third-order valence-corrected chi connectivity index (χ3v) is 6.27. The second kappa shape index (κ2) is 7.69. The fourth-order valence-electron chi connectivity index (χ4n) is 2.82. The van der Waals surface area contributed by atoms with Gasteiger partial charge in [-0.1, -0.05) is 0 Å². The van der Waals surface area contributed by atoms with Gasteiger partial charge in [-0.25, -0.2) is 17.5 Å². The van der Waals surface area contributed by atoms with Gasteiger partial charge in [-0.3, -0.25) is 14.8 Å². The summed E-state index contributed by atoms with van der Waals surface area (Å²) in [5.74, 6) is -1.05. The van der Waals surface area contributed by atoms with Crippen molar-refractivity contribution in [2.75, 3.05) is 6.54 Å². The molecule has 0 spiro atoms. The van der Waals surface area contributed by atoms with Crippen LogP contribution in [0.15, 0.2) is 30.7 Å². The van der Waals surface area contributed by atoms with Gasteiger partial charge < -0.3 is 4.90 Å². The Morgan fingerprint density at radius 2 is 2.15 bits per heavy atom. The minimum absolute atomic E-state index is 0.0118. The topological polar surface area (TPSA) is 92.3 Å². The molecule has 0 fully saturated rings. The number of hydrogen-bond donors (Lipinski definition) is 1. The molecule has 0 radical (unpaired) electrons. The van der Waals surface area contributed by atoms with Crippen LogP contribution >= 0.6 is 0 Å². The Labute approximate surface area is 157 Å². The SMILES string of the molecule is CC(C)S(=O)(=O)NCc1cnc2c(c1)CN(C(=O)c1ccncc1F)CC2. The van der Waals surface area contributed by atoms with E-state index in [1.54, 1.807) is 24.9 Å². The first-order chi connectivity index (χ1) is 12.8. The average molecular weight is 392 g/mol. The molecule has 1 amide bonds. The molecule has 7 nitrogen and oxygen atoms in total. The van der Waals surface area contributed by atoms with E-state index in [4.69, 9.17) is 0 Å². The number of sulfonamides is 1. The fourth-order valence-corrected chi connectivity index (χ4v) is 3.52. The Morgan fingerprint density at radius 3 is 2.85 bits per heavy atom. The van der Waals surface area contributed by atoms with Crippen molar-refractivity contribution in [1.82, 2.24) is 19.6 Å². The van der Waals surface area contributed by atoms with Crippen LogP contribution in [-0.4, -0.2) is 41.0 Å². The van der Waals surface area contributed by atoms with Crippen LogP contribution in [0.2, 0.25) is 0 Å². The van der Waals surface area contributed by atoms with Gasteiger partial charge in [0.2, 0.25) is 10.0 Å². The molecule has 0 saturated heterocycles. The highest BCUT2D eigenvalue weighted by molar-refractivity contribution is 7.90. The highest BCUT2D eigenvalue weighted by atomic mass is 32.2. The van der Waals surface area contributed by atoms with Crippen molar-refractivity contribution in [2.45, 2.75) is 38.6 Å². The molecule has 1 aliphatic rings. The Bertz CT molecular complexity index is 963. The van der Waals surface area contributed by atoms with Crippen LogP contribution in [0.4, 0.5) is 4.39 Å². The highest BCUT2D eigenvalue weighted by Gasteiger charge is 2.25. The van der Waals surface area contributed by atoms with E-state index in [1.165, 1.54) is 12.3 Å². The van der Waals surface area contributed by atoms with Gasteiger partial charge >= 0.3 is 0 Å². The number of nitrogens with one attached hydrogen (secondary N) is 1. The lowest BCUT2D eigenvalue weighted by Gasteiger charge is -2.28. The van der Waals surface area contributed by atoms with Crippen LogP contribution in [0, 0.1) is 5.82 Å². The molecule has 0 saturated carbocycles. The van der Waals surface area contributed by atoms with Crippen molar-refractivity contribution in [3.63, 3.8) is 0 Å². The third-order valence-electron chi connectivity index (χ3n) is 4.48. The van der Waals surface area contributed by atoms with Crippen LogP contribution in [0.3, 0.4) is 0 Å². The second-order valence-electron chi connectivity index (χ2n) is 6.70. The van der Waals surface area contributed by atoms with Crippen molar-refractivity contribution in [3.05, 3.63) is 58.9 Å². The normalized spacial score (nSPS) is 14.3. The average Bonchev–Trinajstić information content (AvgIpc) is 2.65. The summed E-state index contributed by atoms with van der Waals surface area (Å²) < 4.78 is 40.2. The number of fused-ring (bicyclic) bond motifs is 1. The zero-order chi connectivity index (χ0) is 19.6. The predicted octanol–water partition coefficient (Wildman–Crippen LogP) is 1.64. The summed E-state index contributed by atoms with van der Waals surface area (Å²) in [5.41, 5.74) is 2.40. The molecule has 0 bridgehead atoms. The molecular formula is C18H21FN4O3S. The first-order valence-electron chi connectivity index (χ1n) is 8.62. The van der Waals surface area contributed by atoms with Crippen LogP contribution in [0.5, 0.6) is 0 Å². The van der Waals surface area contributed by atoms with Gasteiger partial charge in [-0.05, 0) is 37.1 Å². The molecule has 0 aliphatic carbocycles. The number of hydrogen-bond acceptors (Lipinski definition) is 5. The molecule has 0 atom stereocenters. The molecule has 3 rings (SSSR count). The Kier molecular flexibility index (Phi) is 5.52. The lowest BCUT2D eigenvalue weighted by Crippen LogP contribution is -2.37. The smallest absolute Gasteiger partial charge is 0.257 e. The summed E-state index contributed by atoms with van der Waals surface area (Å²) in [6.07, 6.45) is 4.60. The summed E-state index contributed by atoms with van der Waals surface area (Å²) >= 11 is 0.